The quantitative estimate of drug-likeness (QED) is 0.793. The molecule has 0 aliphatic rings. The molecule has 116 valence electrons. The Kier molecular flexibility index (Phi) is 5.71. The Bertz CT molecular complexity index is 499. The molecule has 5 nitrogen and oxygen atoms in total. The maximum Gasteiger partial charge on any atom is 0.416 e. The van der Waals surface area contributed by atoms with Crippen molar-refractivity contribution < 1.29 is 32.6 Å². The smallest absolute Gasteiger partial charge is 0.416 e. The number of alkyl halides is 3. The zero-order valence-corrected chi connectivity index (χ0v) is 11.1. The number of carbonyl (C=O) groups is 2. The van der Waals surface area contributed by atoms with Crippen LogP contribution in [0.2, 0.25) is 0 Å². The van der Waals surface area contributed by atoms with Crippen molar-refractivity contribution >= 4 is 11.9 Å². The third-order valence-electron chi connectivity index (χ3n) is 2.69. The molecule has 2 N–H and O–H groups in total. The average molecular weight is 305 g/mol. The summed E-state index contributed by atoms with van der Waals surface area (Å²) < 4.78 is 41.8. The van der Waals surface area contributed by atoms with Crippen molar-refractivity contribution in [3.63, 3.8) is 0 Å². The Morgan fingerprint density at radius 3 is 2.29 bits per heavy atom. The molecule has 0 aliphatic heterocycles. The van der Waals surface area contributed by atoms with E-state index in [0.717, 1.165) is 19.2 Å². The summed E-state index contributed by atoms with van der Waals surface area (Å²) in [5.41, 5.74) is -0.392. The van der Waals surface area contributed by atoms with Crippen LogP contribution in [-0.4, -0.2) is 36.7 Å². The van der Waals surface area contributed by atoms with Gasteiger partial charge in [0.25, 0.3) is 0 Å². The molecule has 1 aromatic carbocycles. The zero-order valence-electron chi connectivity index (χ0n) is 11.1. The van der Waals surface area contributed by atoms with Crippen LogP contribution in [0, 0.1) is 0 Å². The maximum atomic E-state index is 12.4. The van der Waals surface area contributed by atoms with Crippen molar-refractivity contribution in [2.24, 2.45) is 0 Å². The van der Waals surface area contributed by atoms with Gasteiger partial charge in [0.1, 0.15) is 12.6 Å². The lowest BCUT2D eigenvalue weighted by atomic mass is 10.0. The van der Waals surface area contributed by atoms with Gasteiger partial charge in [-0.2, -0.15) is 13.2 Å². The first-order chi connectivity index (χ1) is 9.77. The molecule has 0 aliphatic carbocycles. The second-order valence-electron chi connectivity index (χ2n) is 4.20. The van der Waals surface area contributed by atoms with E-state index in [0.29, 0.717) is 5.56 Å². The molecule has 1 atom stereocenters. The van der Waals surface area contributed by atoms with E-state index in [2.05, 4.69) is 10.1 Å². The van der Waals surface area contributed by atoms with Crippen LogP contribution in [-0.2, 0) is 26.9 Å². The van der Waals surface area contributed by atoms with Gasteiger partial charge in [0.05, 0.1) is 12.7 Å². The van der Waals surface area contributed by atoms with Crippen molar-refractivity contribution in [2.45, 2.75) is 18.6 Å². The van der Waals surface area contributed by atoms with Gasteiger partial charge in [0, 0.05) is 6.42 Å². The van der Waals surface area contributed by atoms with E-state index in [4.69, 9.17) is 5.11 Å². The average Bonchev–Trinajstić information content (AvgIpc) is 2.45. The number of ether oxygens (including phenoxy) is 1. The SMILES string of the molecule is COC(=O)[C@@H](Cc1ccc(C(F)(F)F)cc1)NC(=O)CO. The number of halogens is 3. The van der Waals surface area contributed by atoms with Crippen LogP contribution in [0.1, 0.15) is 11.1 Å². The number of methoxy groups -OCH3 is 1. The first-order valence-electron chi connectivity index (χ1n) is 5.92. The molecule has 21 heavy (non-hydrogen) atoms. The topological polar surface area (TPSA) is 75.6 Å². The molecule has 0 saturated heterocycles. The van der Waals surface area contributed by atoms with Gasteiger partial charge in [-0.15, -0.1) is 0 Å². The lowest BCUT2D eigenvalue weighted by Gasteiger charge is -2.16. The normalized spacial score (nSPS) is 12.6. The number of esters is 1. The van der Waals surface area contributed by atoms with Crippen LogP contribution in [0.3, 0.4) is 0 Å². The summed E-state index contributed by atoms with van der Waals surface area (Å²) in [6.45, 7) is -0.805. The van der Waals surface area contributed by atoms with Crippen molar-refractivity contribution in [3.05, 3.63) is 35.4 Å². The maximum absolute atomic E-state index is 12.4. The number of hydrogen-bond donors (Lipinski definition) is 2. The minimum atomic E-state index is -4.44. The minimum Gasteiger partial charge on any atom is -0.467 e. The van der Waals surface area contributed by atoms with E-state index in [1.165, 1.54) is 12.1 Å². The van der Waals surface area contributed by atoms with Crippen molar-refractivity contribution in [1.29, 1.82) is 0 Å². The molecule has 0 saturated carbocycles. The first-order valence-corrected chi connectivity index (χ1v) is 5.92. The number of aliphatic hydroxyl groups is 1. The molecule has 1 rings (SSSR count). The van der Waals surface area contributed by atoms with Crippen molar-refractivity contribution in [1.82, 2.24) is 5.32 Å². The molecule has 0 fully saturated rings. The number of nitrogens with one attached hydrogen (secondary N) is 1. The van der Waals surface area contributed by atoms with E-state index in [-0.39, 0.29) is 6.42 Å². The Labute approximate surface area is 118 Å². The van der Waals surface area contributed by atoms with Gasteiger partial charge in [-0.3, -0.25) is 4.79 Å². The molecule has 0 radical (unpaired) electrons. The van der Waals surface area contributed by atoms with E-state index >= 15 is 0 Å². The summed E-state index contributed by atoms with van der Waals surface area (Å²) in [4.78, 5) is 22.6. The van der Waals surface area contributed by atoms with Gasteiger partial charge in [-0.1, -0.05) is 12.1 Å². The Balaban J connectivity index is 2.83. The third-order valence-corrected chi connectivity index (χ3v) is 2.69. The summed E-state index contributed by atoms with van der Waals surface area (Å²) >= 11 is 0. The van der Waals surface area contributed by atoms with E-state index in [9.17, 15) is 22.8 Å². The molecule has 1 aromatic rings. The van der Waals surface area contributed by atoms with Gasteiger partial charge in [0.15, 0.2) is 0 Å². The van der Waals surface area contributed by atoms with Gasteiger partial charge < -0.3 is 15.2 Å². The largest absolute Gasteiger partial charge is 0.467 e. The van der Waals surface area contributed by atoms with Crippen molar-refractivity contribution in [3.8, 4) is 0 Å². The summed E-state index contributed by atoms with van der Waals surface area (Å²) in [6.07, 6.45) is -4.48. The van der Waals surface area contributed by atoms with Crippen molar-refractivity contribution in [2.75, 3.05) is 13.7 Å². The third kappa shape index (κ3) is 5.07. The van der Waals surface area contributed by atoms with E-state index in [1.54, 1.807) is 0 Å². The number of hydrogen-bond acceptors (Lipinski definition) is 4. The highest BCUT2D eigenvalue weighted by Gasteiger charge is 2.30. The molecule has 0 aromatic heterocycles. The fourth-order valence-electron chi connectivity index (χ4n) is 1.64. The first kappa shape index (κ1) is 17.0. The van der Waals surface area contributed by atoms with Gasteiger partial charge in [-0.05, 0) is 17.7 Å². The Morgan fingerprint density at radius 2 is 1.86 bits per heavy atom. The molecular formula is C13H14F3NO4. The summed E-state index contributed by atoms with van der Waals surface area (Å²) in [5.74, 6) is -1.53. The van der Waals surface area contributed by atoms with Gasteiger partial charge in [0.2, 0.25) is 5.91 Å². The molecule has 0 bridgehead atoms. The predicted molar refractivity (Wildman–Crippen MR) is 66.2 cm³/mol. The van der Waals surface area contributed by atoms with E-state index < -0.39 is 36.3 Å². The number of carbonyl (C=O) groups excluding carboxylic acids is 2. The second-order valence-corrected chi connectivity index (χ2v) is 4.20. The molecule has 0 spiro atoms. The Morgan fingerprint density at radius 1 is 1.29 bits per heavy atom. The van der Waals surface area contributed by atoms with Crippen LogP contribution < -0.4 is 5.32 Å². The fourth-order valence-corrected chi connectivity index (χ4v) is 1.64. The van der Waals surface area contributed by atoms with Gasteiger partial charge in [-0.25, -0.2) is 4.79 Å². The van der Waals surface area contributed by atoms with Crippen LogP contribution >= 0.6 is 0 Å². The zero-order chi connectivity index (χ0) is 16.0. The van der Waals surface area contributed by atoms with Crippen LogP contribution in [0.4, 0.5) is 13.2 Å². The molecule has 0 unspecified atom stereocenters. The predicted octanol–water partition coefficient (Wildman–Crippen LogP) is 0.898. The molecular weight excluding hydrogens is 291 g/mol. The number of amides is 1. The molecule has 8 heteroatoms. The second kappa shape index (κ2) is 7.07. The molecule has 0 heterocycles. The highest BCUT2D eigenvalue weighted by atomic mass is 19.4. The highest BCUT2D eigenvalue weighted by molar-refractivity contribution is 5.85. The van der Waals surface area contributed by atoms with Crippen LogP contribution in [0.15, 0.2) is 24.3 Å². The summed E-state index contributed by atoms with van der Waals surface area (Å²) in [7, 11) is 1.12. The standard InChI is InChI=1S/C13H14F3NO4/c1-21-12(20)10(17-11(19)7-18)6-8-2-4-9(5-3-8)13(14,15)16/h2-5,10,18H,6-7H2,1H3,(H,17,19)/t10-/m1/s1. The number of aliphatic hydroxyl groups excluding tert-OH is 1. The van der Waals surface area contributed by atoms with E-state index in [1.807, 2.05) is 0 Å². The summed E-state index contributed by atoms with van der Waals surface area (Å²) in [5, 5.41) is 10.9. The highest BCUT2D eigenvalue weighted by Crippen LogP contribution is 2.29. The Hall–Kier alpha value is -2.09. The number of rotatable bonds is 5. The number of benzene rings is 1. The molecule has 1 amide bonds. The van der Waals surface area contributed by atoms with Crippen LogP contribution in [0.5, 0.6) is 0 Å². The lowest BCUT2D eigenvalue weighted by Crippen LogP contribution is -2.44. The lowest BCUT2D eigenvalue weighted by molar-refractivity contribution is -0.145. The monoisotopic (exact) mass is 305 g/mol. The summed E-state index contributed by atoms with van der Waals surface area (Å²) in [6, 6.07) is 3.12. The van der Waals surface area contributed by atoms with Crippen LogP contribution in [0.25, 0.3) is 0 Å². The van der Waals surface area contributed by atoms with Gasteiger partial charge >= 0.3 is 12.1 Å². The fraction of sp³-hybridized carbons (Fsp3) is 0.385. The minimum absolute atomic E-state index is 0.0451.